The van der Waals surface area contributed by atoms with Crippen molar-refractivity contribution < 1.29 is 76.1 Å². The highest BCUT2D eigenvalue weighted by Gasteiger charge is 2.71. The number of carbonyl (C=O) groups excluding carboxylic acids is 2. The molecule has 286 valence electrons. The van der Waals surface area contributed by atoms with Crippen LogP contribution in [0.25, 0.3) is 0 Å². The highest BCUT2D eigenvalue weighted by molar-refractivity contribution is 8.90. The first-order chi connectivity index (χ1) is 24.0. The molecule has 7 nitrogen and oxygen atoms in total. The first-order valence-electron chi connectivity index (χ1n) is 14.9. The molecule has 0 bridgehead atoms. The van der Waals surface area contributed by atoms with Crippen molar-refractivity contribution in [2.75, 3.05) is 13.2 Å². The summed E-state index contributed by atoms with van der Waals surface area (Å²) in [6.45, 7) is 0.922. The van der Waals surface area contributed by atoms with Crippen LogP contribution in [-0.4, -0.2) is 62.9 Å². The van der Waals surface area contributed by atoms with E-state index < -0.39 is 97.2 Å². The standard InChI is InChI=1S/C33H30F10O7S2/c1-3-48-28(45)30(32(39,40)41,50-27(44)23(2)31(36,37)38)49-22-14-13-21-29(34,35)33(42,43)52(46,47)51(24-15-7-4-8-16-24,25-17-9-5-10-18-25)26-19-11-6-12-20-26/h4-12,15-20H,2-3,13-14,21-22H2,1H3. The summed E-state index contributed by atoms with van der Waals surface area (Å²) in [5.74, 6) is -15.6. The maximum absolute atomic E-state index is 16.2. The molecule has 3 rings (SSSR count). The highest BCUT2D eigenvalue weighted by Crippen LogP contribution is 2.76. The molecule has 52 heavy (non-hydrogen) atoms. The number of hydrogen-bond donors (Lipinski definition) is 0. The third-order valence-corrected chi connectivity index (χ3v) is 16.0. The molecule has 0 radical (unpaired) electrons. The first-order valence-corrected chi connectivity index (χ1v) is 18.5. The molecule has 3 aromatic carbocycles. The molecule has 3 aromatic rings. The summed E-state index contributed by atoms with van der Waals surface area (Å²) in [4.78, 5) is 23.5. The van der Waals surface area contributed by atoms with Crippen LogP contribution in [0.15, 0.2) is 118 Å². The van der Waals surface area contributed by atoms with Crippen LogP contribution in [0.2, 0.25) is 0 Å². The molecule has 0 amide bonds. The van der Waals surface area contributed by atoms with Crippen LogP contribution in [0.1, 0.15) is 26.2 Å². The third kappa shape index (κ3) is 7.95. The van der Waals surface area contributed by atoms with Crippen molar-refractivity contribution >= 4 is 29.9 Å². The summed E-state index contributed by atoms with van der Waals surface area (Å²) < 4.78 is 186. The van der Waals surface area contributed by atoms with Crippen LogP contribution < -0.4 is 0 Å². The second-order valence-corrected chi connectivity index (χ2v) is 17.4. The van der Waals surface area contributed by atoms with E-state index in [1.165, 1.54) is 91.0 Å². The molecule has 0 saturated carbocycles. The number of ether oxygens (including phenoxy) is 3. The molecule has 1 atom stereocenters. The number of benzene rings is 3. The van der Waals surface area contributed by atoms with E-state index >= 15 is 17.6 Å². The molecule has 0 fully saturated rings. The van der Waals surface area contributed by atoms with Gasteiger partial charge in [-0.2, -0.15) is 43.9 Å². The lowest BCUT2D eigenvalue weighted by Gasteiger charge is -2.43. The molecule has 0 aliphatic carbocycles. The zero-order chi connectivity index (χ0) is 39.2. The monoisotopic (exact) mass is 792 g/mol. The largest absolute Gasteiger partial charge is 0.468 e. The minimum absolute atomic E-state index is 0.235. The SMILES string of the molecule is C=C(C(=O)OC(OCCCCC(F)(F)C(F)(F)S(=O)(=O)S(c1ccccc1)(c1ccccc1)c1ccccc1)(C(=O)OCC)C(F)(F)F)C(F)(F)F. The maximum Gasteiger partial charge on any atom is 0.468 e. The van der Waals surface area contributed by atoms with Crippen molar-refractivity contribution in [2.45, 2.75) is 70.2 Å². The first kappa shape index (κ1) is 42.3. The van der Waals surface area contributed by atoms with Crippen LogP contribution in [0.5, 0.6) is 0 Å². The zero-order valence-electron chi connectivity index (χ0n) is 26.9. The summed E-state index contributed by atoms with van der Waals surface area (Å²) in [6, 6.07) is 19.6. The Morgan fingerprint density at radius 2 is 1.12 bits per heavy atom. The molecule has 0 aliphatic rings. The van der Waals surface area contributed by atoms with E-state index in [-0.39, 0.29) is 14.7 Å². The second kappa shape index (κ2) is 15.9. The smallest absolute Gasteiger partial charge is 0.461 e. The van der Waals surface area contributed by atoms with Gasteiger partial charge in [-0.25, -0.2) is 18.0 Å². The van der Waals surface area contributed by atoms with Gasteiger partial charge in [0, 0.05) is 21.1 Å². The Labute approximate surface area is 292 Å². The normalized spacial score (nSPS) is 14.6. The second-order valence-electron chi connectivity index (χ2n) is 10.7. The van der Waals surface area contributed by atoms with Gasteiger partial charge in [-0.1, -0.05) is 70.2 Å². The molecule has 0 saturated heterocycles. The zero-order valence-corrected chi connectivity index (χ0v) is 28.5. The average molecular weight is 793 g/mol. The fourth-order valence-corrected chi connectivity index (χ4v) is 13.3. The minimum atomic E-state index is -6.31. The van der Waals surface area contributed by atoms with Gasteiger partial charge >= 0.3 is 41.3 Å². The summed E-state index contributed by atoms with van der Waals surface area (Å²) in [6.07, 6.45) is -16.0. The Morgan fingerprint density at radius 3 is 1.48 bits per heavy atom. The third-order valence-electron chi connectivity index (χ3n) is 7.23. The lowest BCUT2D eigenvalue weighted by molar-refractivity contribution is -0.355. The van der Waals surface area contributed by atoms with Crippen LogP contribution >= 0.6 is 9.06 Å². The van der Waals surface area contributed by atoms with E-state index in [1.54, 1.807) is 0 Å². The molecule has 0 aliphatic heterocycles. The van der Waals surface area contributed by atoms with Gasteiger partial charge < -0.3 is 14.2 Å². The van der Waals surface area contributed by atoms with Gasteiger partial charge in [0.05, 0.1) is 13.2 Å². The van der Waals surface area contributed by atoms with E-state index in [1.807, 2.05) is 0 Å². The highest BCUT2D eigenvalue weighted by atomic mass is 33.2. The van der Waals surface area contributed by atoms with Crippen LogP contribution in [0.4, 0.5) is 43.9 Å². The Balaban J connectivity index is 1.98. The lowest BCUT2D eigenvalue weighted by atomic mass is 10.1. The van der Waals surface area contributed by atoms with Gasteiger partial charge in [0.25, 0.3) is 8.87 Å². The van der Waals surface area contributed by atoms with Crippen molar-refractivity contribution in [3.8, 4) is 0 Å². The fraction of sp³-hybridized carbons (Fsp3) is 0.333. The summed E-state index contributed by atoms with van der Waals surface area (Å²) in [7, 11) is -10.6. The van der Waals surface area contributed by atoms with Crippen molar-refractivity contribution in [3.63, 3.8) is 0 Å². The van der Waals surface area contributed by atoms with Gasteiger partial charge in [-0.05, 0) is 56.2 Å². The Hall–Kier alpha value is -4.10. The van der Waals surface area contributed by atoms with Gasteiger partial charge in [-0.3, -0.25) is 0 Å². The van der Waals surface area contributed by atoms with Crippen molar-refractivity contribution in [2.24, 2.45) is 0 Å². The van der Waals surface area contributed by atoms with Gasteiger partial charge in [-0.15, -0.1) is 0 Å². The summed E-state index contributed by atoms with van der Waals surface area (Å²) >= 11 is 0. The molecule has 0 spiro atoms. The predicted molar refractivity (Wildman–Crippen MR) is 167 cm³/mol. The van der Waals surface area contributed by atoms with Crippen LogP contribution in [0, 0.1) is 0 Å². The number of carbonyl (C=O) groups is 2. The number of hydrogen-bond acceptors (Lipinski definition) is 7. The van der Waals surface area contributed by atoms with E-state index in [0.717, 1.165) is 6.92 Å². The number of rotatable bonds is 16. The molecule has 0 heterocycles. The van der Waals surface area contributed by atoms with Crippen LogP contribution in [0.3, 0.4) is 0 Å². The van der Waals surface area contributed by atoms with Crippen LogP contribution in [-0.2, 0) is 32.7 Å². The fourth-order valence-electron chi connectivity index (χ4n) is 4.69. The Bertz CT molecular complexity index is 1710. The van der Waals surface area contributed by atoms with Crippen molar-refractivity contribution in [3.05, 3.63) is 103 Å². The molecule has 0 N–H and O–H groups in total. The predicted octanol–water partition coefficient (Wildman–Crippen LogP) is 9.20. The van der Waals surface area contributed by atoms with Crippen molar-refractivity contribution in [1.29, 1.82) is 0 Å². The molecule has 0 aromatic heterocycles. The van der Waals surface area contributed by atoms with E-state index in [0.29, 0.717) is 0 Å². The minimum Gasteiger partial charge on any atom is -0.461 e. The number of halogens is 10. The number of esters is 2. The van der Waals surface area contributed by atoms with E-state index in [9.17, 15) is 44.3 Å². The number of unbranched alkanes of at least 4 members (excludes halogenated alkanes) is 1. The molecular formula is C33H30F10O7S2. The molecular weight excluding hydrogens is 762 g/mol. The van der Waals surface area contributed by atoms with Gasteiger partial charge in [0.1, 0.15) is 5.57 Å². The maximum atomic E-state index is 16.2. The summed E-state index contributed by atoms with van der Waals surface area (Å²) in [5, 5.41) is -5.83. The number of alkyl halides is 10. The van der Waals surface area contributed by atoms with E-state index in [4.69, 9.17) is 0 Å². The average Bonchev–Trinajstić information content (AvgIpc) is 3.07. The van der Waals surface area contributed by atoms with Gasteiger partial charge in [0.2, 0.25) is 0 Å². The van der Waals surface area contributed by atoms with Crippen molar-refractivity contribution in [1.82, 2.24) is 0 Å². The topological polar surface area (TPSA) is 96.0 Å². The lowest BCUT2D eigenvalue weighted by Crippen LogP contribution is -2.58. The van der Waals surface area contributed by atoms with Gasteiger partial charge in [0.15, 0.2) is 0 Å². The quantitative estimate of drug-likeness (QED) is 0.0357. The summed E-state index contributed by atoms with van der Waals surface area (Å²) in [5.41, 5.74) is -2.48. The molecule has 1 unspecified atom stereocenters. The Kier molecular flexibility index (Phi) is 12.9. The Morgan fingerprint density at radius 1 is 0.692 bits per heavy atom. The molecule has 19 heteroatoms. The van der Waals surface area contributed by atoms with E-state index in [2.05, 4.69) is 20.8 Å².